The van der Waals surface area contributed by atoms with Gasteiger partial charge in [-0.15, -0.1) is 0 Å². The molecule has 94 valence electrons. The smallest absolute Gasteiger partial charge is 0.331 e. The molecule has 5 heteroatoms. The van der Waals surface area contributed by atoms with Crippen LogP contribution in [0.15, 0.2) is 5.57 Å². The minimum Gasteiger partial charge on any atom is -0.467 e. The molecule has 1 saturated carbocycles. The molecular weight excluding hydrogens is 222 g/mol. The van der Waals surface area contributed by atoms with Crippen molar-refractivity contribution in [2.45, 2.75) is 44.6 Å². The van der Waals surface area contributed by atoms with Gasteiger partial charge in [0.1, 0.15) is 11.5 Å². The second kappa shape index (κ2) is 5.64. The van der Waals surface area contributed by atoms with Crippen LogP contribution in [0.1, 0.15) is 39.0 Å². The predicted molar refractivity (Wildman–Crippen MR) is 60.9 cm³/mol. The second-order valence-electron chi connectivity index (χ2n) is 4.39. The maximum Gasteiger partial charge on any atom is 0.331 e. The molecule has 1 aliphatic rings. The van der Waals surface area contributed by atoms with E-state index in [1.807, 2.05) is 0 Å². The van der Waals surface area contributed by atoms with E-state index in [0.29, 0.717) is 18.4 Å². The summed E-state index contributed by atoms with van der Waals surface area (Å²) in [6.45, 7) is 1.53. The van der Waals surface area contributed by atoms with Crippen molar-refractivity contribution in [2.24, 2.45) is 0 Å². The van der Waals surface area contributed by atoms with E-state index in [1.54, 1.807) is 5.94 Å². The molecule has 1 aliphatic carbocycles. The van der Waals surface area contributed by atoms with E-state index >= 15 is 0 Å². The molecule has 0 bridgehead atoms. The van der Waals surface area contributed by atoms with Gasteiger partial charge in [-0.3, -0.25) is 4.79 Å². The summed E-state index contributed by atoms with van der Waals surface area (Å²) < 4.78 is 4.73. The summed E-state index contributed by atoms with van der Waals surface area (Å²) >= 11 is 0. The van der Waals surface area contributed by atoms with E-state index in [1.165, 1.54) is 14.0 Å². The van der Waals surface area contributed by atoms with Crippen LogP contribution in [0.25, 0.3) is 0 Å². The first-order chi connectivity index (χ1) is 8.04. The van der Waals surface area contributed by atoms with E-state index < -0.39 is 11.5 Å². The van der Waals surface area contributed by atoms with Crippen molar-refractivity contribution >= 4 is 17.8 Å². The number of esters is 1. The zero-order valence-corrected chi connectivity index (χ0v) is 10.2. The third-order valence-corrected chi connectivity index (χ3v) is 3.01. The lowest BCUT2D eigenvalue weighted by molar-refractivity contribution is -0.150. The molecule has 0 aromatic rings. The Morgan fingerprint density at radius 2 is 1.94 bits per heavy atom. The van der Waals surface area contributed by atoms with Crippen LogP contribution in [0.4, 0.5) is 0 Å². The minimum absolute atomic E-state index is 0.0256. The quantitative estimate of drug-likeness (QED) is 0.580. The first kappa shape index (κ1) is 13.5. The predicted octanol–water partition coefficient (Wildman–Crippen LogP) is 0.756. The molecule has 1 fully saturated rings. The number of hydrogen-bond acceptors (Lipinski definition) is 4. The van der Waals surface area contributed by atoms with Crippen LogP contribution in [0.2, 0.25) is 0 Å². The molecule has 0 unspecified atom stereocenters. The molecular formula is C12H17NO4. The summed E-state index contributed by atoms with van der Waals surface area (Å²) in [5.74, 6) is 0.925. The number of nitrogens with one attached hydrogen (secondary N) is 1. The SMILES string of the molecule is COC(=O)C1(NC(=O)CC(C)=C=O)CCCC1. The molecule has 0 spiro atoms. The maximum atomic E-state index is 11.7. The molecule has 1 N–H and O–H groups in total. The third kappa shape index (κ3) is 3.17. The molecule has 0 aromatic carbocycles. The van der Waals surface area contributed by atoms with Crippen molar-refractivity contribution in [1.29, 1.82) is 0 Å². The summed E-state index contributed by atoms with van der Waals surface area (Å²) in [6.07, 6.45) is 2.93. The maximum absolute atomic E-state index is 11.7. The van der Waals surface area contributed by atoms with Gasteiger partial charge in [0.05, 0.1) is 13.5 Å². The van der Waals surface area contributed by atoms with Crippen LogP contribution in [-0.4, -0.2) is 30.5 Å². The Morgan fingerprint density at radius 3 is 2.41 bits per heavy atom. The monoisotopic (exact) mass is 239 g/mol. The van der Waals surface area contributed by atoms with Crippen molar-refractivity contribution < 1.29 is 19.1 Å². The summed E-state index contributed by atoms with van der Waals surface area (Å²) in [7, 11) is 1.31. The number of amides is 1. The fraction of sp³-hybridized carbons (Fsp3) is 0.667. The lowest BCUT2D eigenvalue weighted by atomic mass is 9.97. The van der Waals surface area contributed by atoms with Crippen molar-refractivity contribution in [3.8, 4) is 0 Å². The molecule has 0 heterocycles. The van der Waals surface area contributed by atoms with Gasteiger partial charge in [0.2, 0.25) is 5.91 Å². The average Bonchev–Trinajstić information content (AvgIpc) is 2.77. The normalized spacial score (nSPS) is 17.1. The van der Waals surface area contributed by atoms with Crippen LogP contribution in [0.3, 0.4) is 0 Å². The van der Waals surface area contributed by atoms with Gasteiger partial charge in [0.25, 0.3) is 0 Å². The summed E-state index contributed by atoms with van der Waals surface area (Å²) in [5.41, 5.74) is -0.574. The molecule has 0 aromatic heterocycles. The average molecular weight is 239 g/mol. The van der Waals surface area contributed by atoms with Crippen molar-refractivity contribution in [3.63, 3.8) is 0 Å². The molecule has 1 rings (SSSR count). The molecule has 0 radical (unpaired) electrons. The number of rotatable bonds is 4. The van der Waals surface area contributed by atoms with Gasteiger partial charge in [0.15, 0.2) is 0 Å². The van der Waals surface area contributed by atoms with Crippen molar-refractivity contribution in [1.82, 2.24) is 5.32 Å². The van der Waals surface area contributed by atoms with E-state index in [9.17, 15) is 14.4 Å². The Labute approximate surface area is 100 Å². The van der Waals surface area contributed by atoms with Gasteiger partial charge in [-0.05, 0) is 19.8 Å². The molecule has 0 aliphatic heterocycles. The number of methoxy groups -OCH3 is 1. The molecule has 0 atom stereocenters. The number of carbonyl (C=O) groups is 2. The highest BCUT2D eigenvalue weighted by atomic mass is 16.5. The van der Waals surface area contributed by atoms with E-state index in [0.717, 1.165) is 12.8 Å². The standard InChI is InChI=1S/C12H17NO4/c1-9(8-14)7-10(15)13-12(11(16)17-2)5-3-4-6-12/h3-7H2,1-2H3,(H,13,15). The van der Waals surface area contributed by atoms with Crippen molar-refractivity contribution in [3.05, 3.63) is 5.57 Å². The first-order valence-electron chi connectivity index (χ1n) is 5.64. The Bertz CT molecular complexity index is 363. The number of hydrogen-bond donors (Lipinski definition) is 1. The largest absolute Gasteiger partial charge is 0.467 e. The lowest BCUT2D eigenvalue weighted by Crippen LogP contribution is -2.53. The Morgan fingerprint density at radius 1 is 1.35 bits per heavy atom. The number of carbonyl (C=O) groups excluding carboxylic acids is 3. The second-order valence-corrected chi connectivity index (χ2v) is 4.39. The van der Waals surface area contributed by atoms with Gasteiger partial charge in [-0.1, -0.05) is 12.8 Å². The first-order valence-corrected chi connectivity index (χ1v) is 5.64. The van der Waals surface area contributed by atoms with E-state index in [4.69, 9.17) is 4.74 Å². The van der Waals surface area contributed by atoms with Crippen molar-refractivity contribution in [2.75, 3.05) is 7.11 Å². The van der Waals surface area contributed by atoms with Crippen LogP contribution in [0, 0.1) is 0 Å². The fourth-order valence-electron chi connectivity index (χ4n) is 2.14. The summed E-state index contributed by atoms with van der Waals surface area (Å²) in [6, 6.07) is 0. The van der Waals surface area contributed by atoms with Crippen LogP contribution >= 0.6 is 0 Å². The van der Waals surface area contributed by atoms with Gasteiger partial charge < -0.3 is 10.1 Å². The zero-order chi connectivity index (χ0) is 12.9. The third-order valence-electron chi connectivity index (χ3n) is 3.01. The van der Waals surface area contributed by atoms with Crippen LogP contribution < -0.4 is 5.32 Å². The highest BCUT2D eigenvalue weighted by molar-refractivity contribution is 5.89. The molecule has 0 saturated heterocycles. The summed E-state index contributed by atoms with van der Waals surface area (Å²) in [5, 5.41) is 2.70. The van der Waals surface area contributed by atoms with E-state index in [2.05, 4.69) is 5.32 Å². The fourth-order valence-corrected chi connectivity index (χ4v) is 2.14. The highest BCUT2D eigenvalue weighted by Crippen LogP contribution is 2.30. The van der Waals surface area contributed by atoms with Crippen LogP contribution in [-0.2, 0) is 19.1 Å². The number of ether oxygens (including phenoxy) is 1. The molecule has 1 amide bonds. The topological polar surface area (TPSA) is 72.5 Å². The van der Waals surface area contributed by atoms with Gasteiger partial charge in [0, 0.05) is 5.57 Å². The van der Waals surface area contributed by atoms with Crippen LogP contribution in [0.5, 0.6) is 0 Å². The van der Waals surface area contributed by atoms with Gasteiger partial charge in [-0.2, -0.15) is 0 Å². The Kier molecular flexibility index (Phi) is 4.46. The minimum atomic E-state index is -0.894. The van der Waals surface area contributed by atoms with E-state index in [-0.39, 0.29) is 12.3 Å². The summed E-state index contributed by atoms with van der Waals surface area (Å²) in [4.78, 5) is 33.7. The zero-order valence-electron chi connectivity index (χ0n) is 10.2. The van der Waals surface area contributed by atoms with Gasteiger partial charge >= 0.3 is 5.97 Å². The van der Waals surface area contributed by atoms with Gasteiger partial charge in [-0.25, -0.2) is 9.59 Å². The molecule has 17 heavy (non-hydrogen) atoms. The molecule has 5 nitrogen and oxygen atoms in total. The lowest BCUT2D eigenvalue weighted by Gasteiger charge is -2.27. The Balaban J connectivity index is 2.71. The Hall–Kier alpha value is -1.61. The highest BCUT2D eigenvalue weighted by Gasteiger charge is 2.43.